The molecule has 4 rings (SSSR count). The average molecular weight is 343 g/mol. The van der Waals surface area contributed by atoms with Crippen molar-refractivity contribution in [2.24, 2.45) is 5.92 Å². The SMILES string of the molecule is CCc1ccccc1OC1CN(C(=O)[C@@H]2CC(=O)OC23CCCC3)C1. The molecule has 3 fully saturated rings. The standard InChI is InChI=1S/C20H25NO4/c1-2-14-7-3-4-8-17(14)24-15-12-21(13-15)19(23)16-11-18(22)25-20(16)9-5-6-10-20/h3-4,7-8,15-16H,2,5-6,9-13H2,1H3/t16-/m0/s1. The van der Waals surface area contributed by atoms with Crippen molar-refractivity contribution in [1.29, 1.82) is 0 Å². The zero-order valence-electron chi connectivity index (χ0n) is 14.7. The molecule has 1 saturated carbocycles. The second-order valence-electron chi connectivity index (χ2n) is 7.45. The number of ether oxygens (including phenoxy) is 2. The summed E-state index contributed by atoms with van der Waals surface area (Å²) in [6, 6.07) is 8.05. The van der Waals surface area contributed by atoms with Crippen LogP contribution in [0.1, 0.15) is 44.6 Å². The average Bonchev–Trinajstić information content (AvgIpc) is 3.17. The highest BCUT2D eigenvalue weighted by molar-refractivity contribution is 5.88. The van der Waals surface area contributed by atoms with Gasteiger partial charge in [0.15, 0.2) is 0 Å². The highest BCUT2D eigenvalue weighted by Crippen LogP contribution is 2.46. The Morgan fingerprint density at radius 1 is 1.28 bits per heavy atom. The molecule has 5 nitrogen and oxygen atoms in total. The third-order valence-electron chi connectivity index (χ3n) is 5.88. The van der Waals surface area contributed by atoms with Crippen LogP contribution in [-0.2, 0) is 20.7 Å². The molecule has 1 aromatic rings. The molecule has 0 unspecified atom stereocenters. The van der Waals surface area contributed by atoms with Crippen LogP contribution in [0.25, 0.3) is 0 Å². The van der Waals surface area contributed by atoms with E-state index in [0.29, 0.717) is 13.1 Å². The summed E-state index contributed by atoms with van der Waals surface area (Å²) in [6.45, 7) is 3.30. The van der Waals surface area contributed by atoms with Crippen LogP contribution >= 0.6 is 0 Å². The lowest BCUT2D eigenvalue weighted by molar-refractivity contribution is -0.155. The van der Waals surface area contributed by atoms with Crippen molar-refractivity contribution in [3.63, 3.8) is 0 Å². The summed E-state index contributed by atoms with van der Waals surface area (Å²) in [5.74, 6) is 0.460. The number of esters is 1. The molecule has 134 valence electrons. The van der Waals surface area contributed by atoms with Crippen LogP contribution in [0.15, 0.2) is 24.3 Å². The van der Waals surface area contributed by atoms with Crippen LogP contribution in [0.2, 0.25) is 0 Å². The molecule has 1 spiro atoms. The van der Waals surface area contributed by atoms with E-state index in [0.717, 1.165) is 37.9 Å². The van der Waals surface area contributed by atoms with Crippen LogP contribution in [-0.4, -0.2) is 41.6 Å². The van der Waals surface area contributed by atoms with Crippen molar-refractivity contribution < 1.29 is 19.1 Å². The van der Waals surface area contributed by atoms with E-state index in [9.17, 15) is 9.59 Å². The maximum Gasteiger partial charge on any atom is 0.307 e. The van der Waals surface area contributed by atoms with Crippen molar-refractivity contribution in [2.75, 3.05) is 13.1 Å². The fourth-order valence-electron chi connectivity index (χ4n) is 4.43. The van der Waals surface area contributed by atoms with Gasteiger partial charge in [-0.1, -0.05) is 25.1 Å². The van der Waals surface area contributed by atoms with Crippen LogP contribution in [0, 0.1) is 5.92 Å². The van der Waals surface area contributed by atoms with E-state index in [1.165, 1.54) is 5.56 Å². The second kappa shape index (κ2) is 6.36. The first-order valence-corrected chi connectivity index (χ1v) is 9.36. The second-order valence-corrected chi connectivity index (χ2v) is 7.45. The summed E-state index contributed by atoms with van der Waals surface area (Å²) in [5.41, 5.74) is 0.668. The number of aryl methyl sites for hydroxylation is 1. The highest BCUT2D eigenvalue weighted by atomic mass is 16.6. The largest absolute Gasteiger partial charge is 0.486 e. The Labute approximate surface area is 148 Å². The van der Waals surface area contributed by atoms with Gasteiger partial charge in [-0.05, 0) is 43.7 Å². The molecule has 0 aromatic heterocycles. The lowest BCUT2D eigenvalue weighted by Crippen LogP contribution is -2.59. The highest BCUT2D eigenvalue weighted by Gasteiger charge is 2.55. The van der Waals surface area contributed by atoms with Crippen LogP contribution in [0.5, 0.6) is 5.75 Å². The van der Waals surface area contributed by atoms with Gasteiger partial charge in [-0.25, -0.2) is 0 Å². The third kappa shape index (κ3) is 2.90. The molecule has 25 heavy (non-hydrogen) atoms. The maximum atomic E-state index is 12.9. The zero-order valence-corrected chi connectivity index (χ0v) is 14.7. The van der Waals surface area contributed by atoms with Gasteiger partial charge in [-0.3, -0.25) is 9.59 Å². The maximum absolute atomic E-state index is 12.9. The number of benzene rings is 1. The zero-order chi connectivity index (χ0) is 17.4. The molecule has 1 amide bonds. The summed E-state index contributed by atoms with van der Waals surface area (Å²) in [7, 11) is 0. The monoisotopic (exact) mass is 343 g/mol. The van der Waals surface area contributed by atoms with Crippen molar-refractivity contribution in [2.45, 2.75) is 57.2 Å². The Balaban J connectivity index is 1.37. The van der Waals surface area contributed by atoms with Gasteiger partial charge in [0.1, 0.15) is 17.5 Å². The Kier molecular flexibility index (Phi) is 4.18. The van der Waals surface area contributed by atoms with Gasteiger partial charge in [0, 0.05) is 0 Å². The van der Waals surface area contributed by atoms with Crippen LogP contribution < -0.4 is 4.74 Å². The number of carbonyl (C=O) groups excluding carboxylic acids is 2. The number of rotatable bonds is 4. The summed E-state index contributed by atoms with van der Waals surface area (Å²) in [6.07, 6.45) is 4.93. The number of nitrogens with zero attached hydrogens (tertiary/aromatic N) is 1. The number of hydrogen-bond donors (Lipinski definition) is 0. The fraction of sp³-hybridized carbons (Fsp3) is 0.600. The molecular weight excluding hydrogens is 318 g/mol. The normalized spacial score (nSPS) is 25.1. The molecule has 1 aromatic carbocycles. The summed E-state index contributed by atoms with van der Waals surface area (Å²) in [4.78, 5) is 26.5. The molecule has 0 bridgehead atoms. The minimum Gasteiger partial charge on any atom is -0.486 e. The van der Waals surface area contributed by atoms with Gasteiger partial charge >= 0.3 is 5.97 Å². The van der Waals surface area contributed by atoms with E-state index in [1.54, 1.807) is 0 Å². The van der Waals surface area contributed by atoms with Gasteiger partial charge in [0.2, 0.25) is 5.91 Å². The summed E-state index contributed by atoms with van der Waals surface area (Å²) in [5, 5.41) is 0. The van der Waals surface area contributed by atoms with E-state index in [-0.39, 0.29) is 30.3 Å². The van der Waals surface area contributed by atoms with E-state index >= 15 is 0 Å². The molecule has 0 radical (unpaired) electrons. The van der Waals surface area contributed by atoms with Gasteiger partial charge in [-0.15, -0.1) is 0 Å². The molecule has 2 saturated heterocycles. The molecule has 3 aliphatic rings. The quantitative estimate of drug-likeness (QED) is 0.789. The topological polar surface area (TPSA) is 55.8 Å². The molecular formula is C20H25NO4. The number of likely N-dealkylation sites (tertiary alicyclic amines) is 1. The lowest BCUT2D eigenvalue weighted by atomic mass is 9.84. The predicted molar refractivity (Wildman–Crippen MR) is 92.2 cm³/mol. The lowest BCUT2D eigenvalue weighted by Gasteiger charge is -2.42. The molecule has 2 aliphatic heterocycles. The van der Waals surface area contributed by atoms with Crippen molar-refractivity contribution in [3.8, 4) is 5.75 Å². The summed E-state index contributed by atoms with van der Waals surface area (Å²) < 4.78 is 11.7. The predicted octanol–water partition coefficient (Wildman–Crippen LogP) is 2.71. The molecule has 1 aliphatic carbocycles. The third-order valence-corrected chi connectivity index (χ3v) is 5.88. The smallest absolute Gasteiger partial charge is 0.307 e. The van der Waals surface area contributed by atoms with E-state index in [1.807, 2.05) is 23.1 Å². The summed E-state index contributed by atoms with van der Waals surface area (Å²) >= 11 is 0. The van der Waals surface area contributed by atoms with E-state index < -0.39 is 5.60 Å². The van der Waals surface area contributed by atoms with Crippen molar-refractivity contribution in [1.82, 2.24) is 4.90 Å². The Hall–Kier alpha value is -2.04. The number of hydrogen-bond acceptors (Lipinski definition) is 4. The Morgan fingerprint density at radius 2 is 2.00 bits per heavy atom. The molecule has 1 atom stereocenters. The van der Waals surface area contributed by atoms with Gasteiger partial charge < -0.3 is 14.4 Å². The Bertz CT molecular complexity index is 674. The fourth-order valence-corrected chi connectivity index (χ4v) is 4.43. The Morgan fingerprint density at radius 3 is 2.72 bits per heavy atom. The molecule has 0 N–H and O–H groups in total. The van der Waals surface area contributed by atoms with Gasteiger partial charge in [0.05, 0.1) is 25.4 Å². The van der Waals surface area contributed by atoms with Crippen molar-refractivity contribution in [3.05, 3.63) is 29.8 Å². The van der Waals surface area contributed by atoms with E-state index in [4.69, 9.17) is 9.47 Å². The van der Waals surface area contributed by atoms with Crippen LogP contribution in [0.3, 0.4) is 0 Å². The van der Waals surface area contributed by atoms with Crippen molar-refractivity contribution >= 4 is 11.9 Å². The minimum atomic E-state index is -0.519. The molecule has 2 heterocycles. The molecule has 5 heteroatoms. The van der Waals surface area contributed by atoms with Crippen LogP contribution in [0.4, 0.5) is 0 Å². The minimum absolute atomic E-state index is 0.0363. The number of amides is 1. The first-order valence-electron chi connectivity index (χ1n) is 9.36. The van der Waals surface area contributed by atoms with E-state index in [2.05, 4.69) is 13.0 Å². The number of carbonyl (C=O) groups is 2. The first-order chi connectivity index (χ1) is 12.1. The first kappa shape index (κ1) is 16.4. The van der Waals surface area contributed by atoms with Gasteiger partial charge in [-0.2, -0.15) is 0 Å². The number of para-hydroxylation sites is 1. The van der Waals surface area contributed by atoms with Gasteiger partial charge in [0.25, 0.3) is 0 Å².